The number of hydrogen-bond donors (Lipinski definition) is 1. The van der Waals surface area contributed by atoms with Gasteiger partial charge in [0.1, 0.15) is 22.6 Å². The minimum absolute atomic E-state index is 0.0390. The highest BCUT2D eigenvalue weighted by molar-refractivity contribution is 7.92. The zero-order valence-corrected chi connectivity index (χ0v) is 17.4. The summed E-state index contributed by atoms with van der Waals surface area (Å²) >= 11 is 5.99. The van der Waals surface area contributed by atoms with Crippen molar-refractivity contribution in [1.29, 1.82) is 0 Å². The number of benzene rings is 2. The third kappa shape index (κ3) is 4.06. The van der Waals surface area contributed by atoms with E-state index in [1.807, 2.05) is 0 Å². The van der Waals surface area contributed by atoms with Gasteiger partial charge in [0, 0.05) is 16.8 Å². The summed E-state index contributed by atoms with van der Waals surface area (Å²) in [5, 5.41) is 7.83. The molecule has 0 aliphatic carbocycles. The Morgan fingerprint density at radius 1 is 1.03 bits per heavy atom. The molecule has 0 saturated heterocycles. The molecular formula is C21H16ClF2NO4S. The van der Waals surface area contributed by atoms with Gasteiger partial charge in [0.25, 0.3) is 0 Å². The van der Waals surface area contributed by atoms with E-state index in [1.165, 1.54) is 31.2 Å². The maximum Gasteiger partial charge on any atom is 0.354 e. The fraction of sp³-hybridized carbons (Fsp3) is 0.143. The van der Waals surface area contributed by atoms with Crippen LogP contribution in [0.3, 0.4) is 0 Å². The first-order valence-corrected chi connectivity index (χ1v) is 10.6. The summed E-state index contributed by atoms with van der Waals surface area (Å²) in [5.74, 6) is -3.03. The largest absolute Gasteiger partial charge is 0.477 e. The number of aryl methyl sites for hydroxylation is 2. The number of carbonyl (C=O) groups is 1. The molecule has 0 bridgehead atoms. The van der Waals surface area contributed by atoms with Gasteiger partial charge in [-0.25, -0.2) is 27.0 Å². The second kappa shape index (κ2) is 8.12. The minimum atomic E-state index is -4.29. The van der Waals surface area contributed by atoms with E-state index in [0.717, 1.165) is 24.4 Å². The first-order valence-electron chi connectivity index (χ1n) is 8.67. The highest BCUT2D eigenvalue weighted by atomic mass is 35.5. The summed E-state index contributed by atoms with van der Waals surface area (Å²) in [6, 6.07) is 7.75. The predicted molar refractivity (Wildman–Crippen MR) is 108 cm³/mol. The zero-order valence-electron chi connectivity index (χ0n) is 15.9. The zero-order chi connectivity index (χ0) is 22.2. The Morgan fingerprint density at radius 2 is 1.73 bits per heavy atom. The second-order valence-corrected chi connectivity index (χ2v) is 9.17. The summed E-state index contributed by atoms with van der Waals surface area (Å²) in [6.07, 6.45) is 1.06. The van der Waals surface area contributed by atoms with Gasteiger partial charge in [-0.3, -0.25) is 0 Å². The lowest BCUT2D eigenvalue weighted by molar-refractivity contribution is 0.0690. The van der Waals surface area contributed by atoms with Crippen LogP contribution in [0.2, 0.25) is 5.02 Å². The Balaban J connectivity index is 2.32. The van der Waals surface area contributed by atoms with Crippen LogP contribution in [-0.2, 0) is 9.84 Å². The van der Waals surface area contributed by atoms with Crippen LogP contribution in [0.15, 0.2) is 53.6 Å². The summed E-state index contributed by atoms with van der Waals surface area (Å²) < 4.78 is 55.7. The number of rotatable bonds is 5. The van der Waals surface area contributed by atoms with E-state index in [0.29, 0.717) is 10.6 Å². The lowest BCUT2D eigenvalue weighted by Gasteiger charge is -2.21. The standard InChI is InChI=1S/C21H16ClF2NO4S/c1-11-8-19(21(26)27)25-10-16(11)20(15-9-13(23)3-6-18(15)24)30(28,29)14-4-5-17(22)12(2)7-14/h3-10,20H,1-2H3,(H,26,27). The van der Waals surface area contributed by atoms with Crippen LogP contribution in [0.5, 0.6) is 0 Å². The molecule has 0 spiro atoms. The van der Waals surface area contributed by atoms with Crippen molar-refractivity contribution < 1.29 is 27.1 Å². The van der Waals surface area contributed by atoms with Crippen LogP contribution in [-0.4, -0.2) is 24.5 Å². The molecule has 3 aromatic rings. The molecule has 2 aromatic carbocycles. The molecule has 30 heavy (non-hydrogen) atoms. The minimum Gasteiger partial charge on any atom is -0.477 e. The molecule has 156 valence electrons. The van der Waals surface area contributed by atoms with E-state index in [9.17, 15) is 22.0 Å². The Hall–Kier alpha value is -2.84. The van der Waals surface area contributed by atoms with E-state index in [-0.39, 0.29) is 21.7 Å². The number of sulfone groups is 1. The maximum absolute atomic E-state index is 14.7. The molecule has 1 unspecified atom stereocenters. The molecule has 0 fully saturated rings. The number of aromatic carboxylic acids is 1. The molecular weight excluding hydrogens is 436 g/mol. The third-order valence-electron chi connectivity index (χ3n) is 4.66. The Kier molecular flexibility index (Phi) is 5.92. The van der Waals surface area contributed by atoms with Crippen LogP contribution in [0.1, 0.15) is 38.0 Å². The molecule has 1 heterocycles. The number of hydrogen-bond acceptors (Lipinski definition) is 4. The Morgan fingerprint density at radius 3 is 2.33 bits per heavy atom. The van der Waals surface area contributed by atoms with Crippen LogP contribution >= 0.6 is 11.6 Å². The van der Waals surface area contributed by atoms with Crippen LogP contribution in [0.4, 0.5) is 8.78 Å². The quantitative estimate of drug-likeness (QED) is 0.597. The SMILES string of the molecule is Cc1cc(S(=O)(=O)C(c2cnc(C(=O)O)cc2C)c2cc(F)ccc2F)ccc1Cl. The van der Waals surface area contributed by atoms with Gasteiger partial charge in [-0.2, -0.15) is 0 Å². The molecule has 1 N–H and O–H groups in total. The van der Waals surface area contributed by atoms with E-state index in [4.69, 9.17) is 16.7 Å². The number of carboxylic acids is 1. The van der Waals surface area contributed by atoms with Gasteiger partial charge in [0.05, 0.1) is 4.90 Å². The molecule has 0 amide bonds. The van der Waals surface area contributed by atoms with Crippen molar-refractivity contribution in [3.05, 3.63) is 93.3 Å². The maximum atomic E-state index is 14.7. The second-order valence-electron chi connectivity index (χ2n) is 6.73. The fourth-order valence-corrected chi connectivity index (χ4v) is 5.19. The summed E-state index contributed by atoms with van der Waals surface area (Å²) in [4.78, 5) is 14.8. The third-order valence-corrected chi connectivity index (χ3v) is 7.13. The van der Waals surface area contributed by atoms with Crippen LogP contribution in [0, 0.1) is 25.5 Å². The summed E-state index contributed by atoms with van der Waals surface area (Å²) in [7, 11) is -4.29. The first-order chi connectivity index (χ1) is 14.0. The highest BCUT2D eigenvalue weighted by Crippen LogP contribution is 2.38. The number of carboxylic acid groups (broad SMARTS) is 1. The van der Waals surface area contributed by atoms with Crippen LogP contribution in [0.25, 0.3) is 0 Å². The van der Waals surface area contributed by atoms with Gasteiger partial charge in [0.15, 0.2) is 9.84 Å². The topological polar surface area (TPSA) is 84.3 Å². The molecule has 0 radical (unpaired) electrons. The lowest BCUT2D eigenvalue weighted by atomic mass is 10.0. The van der Waals surface area contributed by atoms with E-state index in [1.54, 1.807) is 6.92 Å². The molecule has 9 heteroatoms. The Bertz CT molecular complexity index is 1260. The lowest BCUT2D eigenvalue weighted by Crippen LogP contribution is -2.19. The Labute approximate surface area is 176 Å². The fourth-order valence-electron chi connectivity index (χ4n) is 3.11. The molecule has 1 aromatic heterocycles. The smallest absolute Gasteiger partial charge is 0.354 e. The van der Waals surface area contributed by atoms with Gasteiger partial charge in [0.2, 0.25) is 0 Å². The van der Waals surface area contributed by atoms with Crippen molar-refractivity contribution in [2.75, 3.05) is 0 Å². The first kappa shape index (κ1) is 21.9. The van der Waals surface area contributed by atoms with E-state index in [2.05, 4.69) is 4.98 Å². The average Bonchev–Trinajstić information content (AvgIpc) is 2.67. The van der Waals surface area contributed by atoms with Crippen molar-refractivity contribution in [2.45, 2.75) is 24.0 Å². The monoisotopic (exact) mass is 451 g/mol. The molecule has 0 aliphatic heterocycles. The van der Waals surface area contributed by atoms with Crippen molar-refractivity contribution in [2.24, 2.45) is 0 Å². The van der Waals surface area contributed by atoms with Gasteiger partial charge in [-0.05, 0) is 73.0 Å². The number of pyridine rings is 1. The molecule has 0 aliphatic rings. The predicted octanol–water partition coefficient (Wildman–Crippen LogP) is 4.89. The highest BCUT2D eigenvalue weighted by Gasteiger charge is 2.35. The number of aromatic nitrogens is 1. The van der Waals surface area contributed by atoms with Crippen molar-refractivity contribution in [3.8, 4) is 0 Å². The molecule has 5 nitrogen and oxygen atoms in total. The van der Waals surface area contributed by atoms with Gasteiger partial charge in [-0.15, -0.1) is 0 Å². The van der Waals surface area contributed by atoms with Crippen molar-refractivity contribution in [3.63, 3.8) is 0 Å². The van der Waals surface area contributed by atoms with Gasteiger partial charge < -0.3 is 5.11 Å². The van der Waals surface area contributed by atoms with Gasteiger partial charge in [-0.1, -0.05) is 11.6 Å². The summed E-state index contributed by atoms with van der Waals surface area (Å²) in [6.45, 7) is 3.10. The molecule has 3 rings (SSSR count). The van der Waals surface area contributed by atoms with Gasteiger partial charge >= 0.3 is 5.97 Å². The summed E-state index contributed by atoms with van der Waals surface area (Å²) in [5.41, 5.74) is 0.0831. The molecule has 1 atom stereocenters. The van der Waals surface area contributed by atoms with E-state index >= 15 is 0 Å². The molecule has 0 saturated carbocycles. The number of halogens is 3. The normalized spacial score (nSPS) is 12.6. The van der Waals surface area contributed by atoms with Crippen molar-refractivity contribution >= 4 is 27.4 Å². The number of nitrogens with zero attached hydrogens (tertiary/aromatic N) is 1. The average molecular weight is 452 g/mol. The van der Waals surface area contributed by atoms with Crippen molar-refractivity contribution in [1.82, 2.24) is 4.98 Å². The van der Waals surface area contributed by atoms with E-state index < -0.39 is 38.3 Å². The van der Waals surface area contributed by atoms with Crippen LogP contribution < -0.4 is 0 Å².